The summed E-state index contributed by atoms with van der Waals surface area (Å²) >= 11 is 0. The van der Waals surface area contributed by atoms with Crippen molar-refractivity contribution in [2.24, 2.45) is 0 Å². The van der Waals surface area contributed by atoms with Crippen molar-refractivity contribution in [3.05, 3.63) is 65.7 Å². The van der Waals surface area contributed by atoms with E-state index < -0.39 is 11.9 Å². The molecule has 1 fully saturated rings. The van der Waals surface area contributed by atoms with Gasteiger partial charge in [0.1, 0.15) is 5.75 Å². The Balaban J connectivity index is 0.000000501. The highest BCUT2D eigenvalue weighted by atomic mass is 16.5. The molecule has 0 aromatic heterocycles. The standard InChI is InChI=1S/C22H30N2O.C2H2O4/c1-25-22-11-5-9-21(19-22)12-14-24-17-15-23(16-18-24)13-6-10-20-7-3-2-4-8-20;3-1(4)2(5)6/h2-5,7-9,11,19H,6,10,12-18H2,1H3;(H,3,4)(H,5,6). The maximum absolute atomic E-state index is 9.10. The van der Waals surface area contributed by atoms with Crippen LogP contribution < -0.4 is 4.74 Å². The number of nitrogens with zero attached hydrogens (tertiary/aromatic N) is 2. The molecule has 7 heteroatoms. The average molecular weight is 429 g/mol. The Morgan fingerprint density at radius 2 is 1.39 bits per heavy atom. The fourth-order valence-corrected chi connectivity index (χ4v) is 3.50. The lowest BCUT2D eigenvalue weighted by Gasteiger charge is -2.34. The minimum atomic E-state index is -1.82. The van der Waals surface area contributed by atoms with Gasteiger partial charge in [0.05, 0.1) is 7.11 Å². The maximum Gasteiger partial charge on any atom is 0.414 e. The van der Waals surface area contributed by atoms with Crippen molar-refractivity contribution in [3.63, 3.8) is 0 Å². The Labute approximate surface area is 183 Å². The average Bonchev–Trinajstić information content (AvgIpc) is 2.80. The van der Waals surface area contributed by atoms with Gasteiger partial charge in [0.2, 0.25) is 0 Å². The van der Waals surface area contributed by atoms with Gasteiger partial charge in [0, 0.05) is 32.7 Å². The van der Waals surface area contributed by atoms with Gasteiger partial charge in [-0.2, -0.15) is 0 Å². The van der Waals surface area contributed by atoms with E-state index in [4.69, 9.17) is 24.5 Å². The normalized spacial score (nSPS) is 14.4. The first kappa shape index (κ1) is 24.4. The molecule has 1 heterocycles. The van der Waals surface area contributed by atoms with Crippen LogP contribution in [0.3, 0.4) is 0 Å². The molecule has 3 rings (SSSR count). The monoisotopic (exact) mass is 428 g/mol. The Morgan fingerprint density at radius 3 is 1.97 bits per heavy atom. The van der Waals surface area contributed by atoms with Crippen LogP contribution in [0.1, 0.15) is 17.5 Å². The predicted octanol–water partition coefficient (Wildman–Crippen LogP) is 2.64. The van der Waals surface area contributed by atoms with Crippen LogP contribution in [0, 0.1) is 0 Å². The van der Waals surface area contributed by atoms with E-state index in [0.717, 1.165) is 18.7 Å². The van der Waals surface area contributed by atoms with Crippen LogP contribution in [0.4, 0.5) is 0 Å². The molecule has 2 aromatic carbocycles. The van der Waals surface area contributed by atoms with Gasteiger partial charge in [-0.05, 0) is 49.1 Å². The minimum absolute atomic E-state index is 0.959. The van der Waals surface area contributed by atoms with E-state index in [-0.39, 0.29) is 0 Å². The molecule has 0 aliphatic carbocycles. The predicted molar refractivity (Wildman–Crippen MR) is 120 cm³/mol. The zero-order valence-electron chi connectivity index (χ0n) is 18.1. The summed E-state index contributed by atoms with van der Waals surface area (Å²) in [5, 5.41) is 14.8. The van der Waals surface area contributed by atoms with Crippen LogP contribution in [-0.2, 0) is 22.4 Å². The van der Waals surface area contributed by atoms with Crippen LogP contribution >= 0.6 is 0 Å². The van der Waals surface area contributed by atoms with Gasteiger partial charge in [-0.15, -0.1) is 0 Å². The number of carboxylic acid groups (broad SMARTS) is 2. The molecule has 1 aliphatic heterocycles. The molecule has 2 N–H and O–H groups in total. The van der Waals surface area contributed by atoms with Crippen molar-refractivity contribution in [2.75, 3.05) is 46.4 Å². The largest absolute Gasteiger partial charge is 0.497 e. The second kappa shape index (κ2) is 13.4. The Bertz CT molecular complexity index is 793. The molecular formula is C24H32N2O5. The number of hydrogen-bond acceptors (Lipinski definition) is 5. The van der Waals surface area contributed by atoms with Crippen LogP contribution in [0.25, 0.3) is 0 Å². The molecule has 168 valence electrons. The van der Waals surface area contributed by atoms with E-state index in [0.29, 0.717) is 0 Å². The third kappa shape index (κ3) is 9.63. The van der Waals surface area contributed by atoms with Crippen molar-refractivity contribution in [1.82, 2.24) is 9.80 Å². The highest BCUT2D eigenvalue weighted by molar-refractivity contribution is 6.27. The molecule has 0 unspecified atom stereocenters. The first-order valence-electron chi connectivity index (χ1n) is 10.6. The Kier molecular flexibility index (Phi) is 10.5. The van der Waals surface area contributed by atoms with Gasteiger partial charge in [-0.25, -0.2) is 9.59 Å². The topological polar surface area (TPSA) is 90.3 Å². The fourth-order valence-electron chi connectivity index (χ4n) is 3.50. The van der Waals surface area contributed by atoms with Gasteiger partial charge >= 0.3 is 11.9 Å². The summed E-state index contributed by atoms with van der Waals surface area (Å²) < 4.78 is 5.31. The lowest BCUT2D eigenvalue weighted by molar-refractivity contribution is -0.159. The number of hydrogen-bond donors (Lipinski definition) is 2. The third-order valence-corrected chi connectivity index (χ3v) is 5.28. The molecule has 0 saturated carbocycles. The molecule has 2 aromatic rings. The second-order valence-electron chi connectivity index (χ2n) is 7.48. The number of methoxy groups -OCH3 is 1. The van der Waals surface area contributed by atoms with Crippen LogP contribution in [0.2, 0.25) is 0 Å². The first-order chi connectivity index (χ1) is 15.0. The third-order valence-electron chi connectivity index (χ3n) is 5.28. The number of carbonyl (C=O) groups is 2. The van der Waals surface area contributed by atoms with Crippen LogP contribution in [0.5, 0.6) is 5.75 Å². The van der Waals surface area contributed by atoms with Gasteiger partial charge in [-0.1, -0.05) is 42.5 Å². The van der Waals surface area contributed by atoms with Crippen molar-refractivity contribution < 1.29 is 24.5 Å². The first-order valence-corrected chi connectivity index (χ1v) is 10.6. The van der Waals surface area contributed by atoms with Gasteiger partial charge in [0.25, 0.3) is 0 Å². The number of benzene rings is 2. The Morgan fingerprint density at radius 1 is 0.806 bits per heavy atom. The SMILES string of the molecule is COc1cccc(CCN2CCN(CCCc3ccccc3)CC2)c1.O=C(O)C(=O)O. The molecule has 0 atom stereocenters. The number of piperazine rings is 1. The molecule has 31 heavy (non-hydrogen) atoms. The number of aryl methyl sites for hydroxylation is 1. The van der Waals surface area contributed by atoms with E-state index >= 15 is 0 Å². The summed E-state index contributed by atoms with van der Waals surface area (Å²) in [4.78, 5) is 23.4. The second-order valence-corrected chi connectivity index (χ2v) is 7.48. The summed E-state index contributed by atoms with van der Waals surface area (Å²) in [5.74, 6) is -2.69. The van der Waals surface area contributed by atoms with Crippen molar-refractivity contribution in [3.8, 4) is 5.75 Å². The van der Waals surface area contributed by atoms with Crippen molar-refractivity contribution >= 4 is 11.9 Å². The summed E-state index contributed by atoms with van der Waals surface area (Å²) in [6, 6.07) is 19.3. The molecule has 7 nitrogen and oxygen atoms in total. The van der Waals surface area contributed by atoms with E-state index in [2.05, 4.69) is 58.3 Å². The number of carboxylic acids is 2. The van der Waals surface area contributed by atoms with Gasteiger partial charge < -0.3 is 24.7 Å². The van der Waals surface area contributed by atoms with E-state index in [1.54, 1.807) is 7.11 Å². The quantitative estimate of drug-likeness (QED) is 0.625. The summed E-state index contributed by atoms with van der Waals surface area (Å²) in [6.45, 7) is 7.15. The highest BCUT2D eigenvalue weighted by Crippen LogP contribution is 2.14. The molecule has 1 aliphatic rings. The summed E-state index contributed by atoms with van der Waals surface area (Å²) in [5.41, 5.74) is 2.82. The zero-order chi connectivity index (χ0) is 22.5. The molecular weight excluding hydrogens is 396 g/mol. The maximum atomic E-state index is 9.10. The van der Waals surface area contributed by atoms with Crippen molar-refractivity contribution in [1.29, 1.82) is 0 Å². The van der Waals surface area contributed by atoms with E-state index in [1.807, 2.05) is 6.07 Å². The molecule has 0 spiro atoms. The fraction of sp³-hybridized carbons (Fsp3) is 0.417. The van der Waals surface area contributed by atoms with Crippen LogP contribution in [-0.4, -0.2) is 78.3 Å². The zero-order valence-corrected chi connectivity index (χ0v) is 18.1. The van der Waals surface area contributed by atoms with E-state index in [9.17, 15) is 0 Å². The van der Waals surface area contributed by atoms with Gasteiger partial charge in [-0.3, -0.25) is 0 Å². The molecule has 0 radical (unpaired) electrons. The summed E-state index contributed by atoms with van der Waals surface area (Å²) in [7, 11) is 1.73. The minimum Gasteiger partial charge on any atom is -0.497 e. The highest BCUT2D eigenvalue weighted by Gasteiger charge is 2.16. The molecule has 0 amide bonds. The van der Waals surface area contributed by atoms with Gasteiger partial charge in [0.15, 0.2) is 0 Å². The Hall–Kier alpha value is -2.90. The number of aliphatic carboxylic acids is 2. The molecule has 1 saturated heterocycles. The number of ether oxygens (including phenoxy) is 1. The lowest BCUT2D eigenvalue weighted by Crippen LogP contribution is -2.47. The lowest BCUT2D eigenvalue weighted by atomic mass is 10.1. The number of rotatable bonds is 8. The smallest absolute Gasteiger partial charge is 0.414 e. The van der Waals surface area contributed by atoms with Crippen LogP contribution in [0.15, 0.2) is 54.6 Å². The molecule has 0 bridgehead atoms. The van der Waals surface area contributed by atoms with E-state index in [1.165, 1.54) is 56.7 Å². The van der Waals surface area contributed by atoms with Crippen molar-refractivity contribution in [2.45, 2.75) is 19.3 Å². The summed E-state index contributed by atoms with van der Waals surface area (Å²) in [6.07, 6.45) is 3.55.